The van der Waals surface area contributed by atoms with E-state index in [0.29, 0.717) is 11.5 Å². The summed E-state index contributed by atoms with van der Waals surface area (Å²) in [5, 5.41) is 14.4. The van der Waals surface area contributed by atoms with E-state index in [1.165, 1.54) is 0 Å². The summed E-state index contributed by atoms with van der Waals surface area (Å²) in [5.74, 6) is 0.948. The number of Topliss-reactive ketones (excluding diaryl/α,β-unsaturated/α-hetero) is 1. The number of hydrogen-bond acceptors (Lipinski definition) is 4. The van der Waals surface area contributed by atoms with Gasteiger partial charge < -0.3 is 14.6 Å². The Morgan fingerprint density at radius 2 is 1.21 bits per heavy atom. The lowest BCUT2D eigenvalue weighted by Crippen LogP contribution is -2.65. The number of fused-ring (bicyclic) bond motifs is 8. The largest absolute Gasteiger partial charge is 0.482 e. The van der Waals surface area contributed by atoms with Gasteiger partial charge in [-0.05, 0) is 33.7 Å². The zero-order valence-corrected chi connectivity index (χ0v) is 14.8. The fourth-order valence-electron chi connectivity index (χ4n) is 4.29. The molecule has 0 spiro atoms. The highest BCUT2D eigenvalue weighted by Gasteiger charge is 2.54. The van der Waals surface area contributed by atoms with E-state index in [1.54, 1.807) is 0 Å². The molecule has 4 aromatic carbocycles. The van der Waals surface area contributed by atoms with Crippen LogP contribution in [0.1, 0.15) is 0 Å². The van der Waals surface area contributed by atoms with Gasteiger partial charge in [-0.25, -0.2) is 0 Å². The minimum absolute atomic E-state index is 0.339. The highest BCUT2D eigenvalue weighted by molar-refractivity contribution is 6.10. The summed E-state index contributed by atoms with van der Waals surface area (Å²) in [4.78, 5) is 12.2. The number of rotatable bonds is 0. The van der Waals surface area contributed by atoms with Crippen molar-refractivity contribution >= 4 is 27.3 Å². The Balaban J connectivity index is 1.75. The number of carbonyl (C=O) groups excluding carboxylic acids is 1. The number of carbonyl (C=O) groups is 1. The van der Waals surface area contributed by atoms with Crippen molar-refractivity contribution in [3.8, 4) is 22.6 Å². The molecule has 1 N–H and O–H groups in total. The first-order chi connectivity index (χ1) is 13.7. The highest BCUT2D eigenvalue weighted by Crippen LogP contribution is 2.48. The lowest BCUT2D eigenvalue weighted by molar-refractivity contribution is -0.168. The van der Waals surface area contributed by atoms with Crippen molar-refractivity contribution in [2.75, 3.05) is 0 Å². The Morgan fingerprint density at radius 1 is 0.679 bits per heavy atom. The van der Waals surface area contributed by atoms with Gasteiger partial charge in [0, 0.05) is 11.1 Å². The van der Waals surface area contributed by atoms with Crippen LogP contribution in [0.25, 0.3) is 32.7 Å². The van der Waals surface area contributed by atoms with E-state index >= 15 is 0 Å². The van der Waals surface area contributed by atoms with Gasteiger partial charge in [0.2, 0.25) is 5.78 Å². The normalized spacial score (nSPS) is 22.8. The Hall–Kier alpha value is -3.37. The molecule has 4 heteroatoms. The molecule has 0 bridgehead atoms. The number of aliphatic hydroxyl groups is 1. The van der Waals surface area contributed by atoms with E-state index in [9.17, 15) is 9.90 Å². The van der Waals surface area contributed by atoms with Gasteiger partial charge in [-0.1, -0.05) is 60.7 Å². The molecule has 3 unspecified atom stereocenters. The van der Waals surface area contributed by atoms with Gasteiger partial charge in [0.15, 0.2) is 18.3 Å². The third kappa shape index (κ3) is 2.01. The molecule has 1 aliphatic carbocycles. The van der Waals surface area contributed by atoms with E-state index in [1.807, 2.05) is 48.5 Å². The first-order valence-electron chi connectivity index (χ1n) is 9.31. The van der Waals surface area contributed by atoms with Crippen LogP contribution in [-0.4, -0.2) is 29.2 Å². The molecule has 2 aliphatic rings. The third-order valence-electron chi connectivity index (χ3n) is 5.73. The third-order valence-corrected chi connectivity index (χ3v) is 5.73. The van der Waals surface area contributed by atoms with E-state index in [0.717, 1.165) is 32.7 Å². The Kier molecular flexibility index (Phi) is 3.11. The molecule has 136 valence electrons. The fourth-order valence-corrected chi connectivity index (χ4v) is 4.29. The van der Waals surface area contributed by atoms with Gasteiger partial charge in [0.1, 0.15) is 11.5 Å². The number of hydrogen-bond donors (Lipinski definition) is 1. The Bertz CT molecular complexity index is 1280. The lowest BCUT2D eigenvalue weighted by Gasteiger charge is -2.41. The molecule has 4 nitrogen and oxygen atoms in total. The summed E-state index contributed by atoms with van der Waals surface area (Å²) in [6.45, 7) is 0. The van der Waals surface area contributed by atoms with Crippen molar-refractivity contribution in [1.82, 2.24) is 0 Å². The molecule has 0 radical (unpaired) electrons. The van der Waals surface area contributed by atoms with E-state index in [4.69, 9.17) is 9.47 Å². The van der Waals surface area contributed by atoms with Gasteiger partial charge >= 0.3 is 0 Å². The molecule has 0 saturated heterocycles. The van der Waals surface area contributed by atoms with Crippen LogP contribution < -0.4 is 9.47 Å². The number of aliphatic hydroxyl groups excluding tert-OH is 1. The van der Waals surface area contributed by atoms with Crippen LogP contribution in [0.15, 0.2) is 72.8 Å². The molecule has 0 amide bonds. The predicted octanol–water partition coefficient (Wildman–Crippen LogP) is 4.11. The van der Waals surface area contributed by atoms with E-state index < -0.39 is 18.3 Å². The fraction of sp³-hybridized carbons (Fsp3) is 0.125. The summed E-state index contributed by atoms with van der Waals surface area (Å²) < 4.78 is 12.2. The maximum atomic E-state index is 12.2. The van der Waals surface area contributed by atoms with Crippen LogP contribution in [0.4, 0.5) is 0 Å². The van der Waals surface area contributed by atoms with Gasteiger partial charge in [-0.2, -0.15) is 0 Å². The molecule has 4 aromatic rings. The van der Waals surface area contributed by atoms with Gasteiger partial charge in [-0.15, -0.1) is 0 Å². The predicted molar refractivity (Wildman–Crippen MR) is 107 cm³/mol. The molecular weight excluding hydrogens is 352 g/mol. The van der Waals surface area contributed by atoms with Crippen molar-refractivity contribution < 1.29 is 19.4 Å². The topological polar surface area (TPSA) is 55.8 Å². The van der Waals surface area contributed by atoms with Crippen molar-refractivity contribution in [2.24, 2.45) is 0 Å². The maximum absolute atomic E-state index is 12.2. The van der Waals surface area contributed by atoms with Gasteiger partial charge in [0.05, 0.1) is 0 Å². The standard InChI is InChI=1S/C24H16O4/c25-21-22(26)24-23(21)27-17-11-9-13-5-1-3-7-15(13)19(17)20-16-8-4-2-6-14(16)10-12-18(20)28-24/h1-12,21,23-25H. The maximum Gasteiger partial charge on any atom is 0.209 e. The van der Waals surface area contributed by atoms with Crippen LogP contribution in [0, 0.1) is 0 Å². The SMILES string of the molecule is O=C1C(O)C2Oc3ccc4ccccc4c3-c3c(ccc4ccccc34)OC12. The van der Waals surface area contributed by atoms with Gasteiger partial charge in [0.25, 0.3) is 0 Å². The minimum atomic E-state index is -1.16. The number of ketones is 1. The average Bonchev–Trinajstić information content (AvgIpc) is 2.74. The van der Waals surface area contributed by atoms with Crippen LogP contribution in [0.3, 0.4) is 0 Å². The smallest absolute Gasteiger partial charge is 0.209 e. The summed E-state index contributed by atoms with van der Waals surface area (Å²) in [6.07, 6.45) is -2.66. The molecule has 0 aromatic heterocycles. The van der Waals surface area contributed by atoms with Gasteiger partial charge in [-0.3, -0.25) is 4.79 Å². The van der Waals surface area contributed by atoms with E-state index in [-0.39, 0.29) is 5.78 Å². The number of ether oxygens (including phenoxy) is 2. The molecule has 1 fully saturated rings. The Labute approximate surface area is 160 Å². The molecule has 1 heterocycles. The Morgan fingerprint density at radius 3 is 1.82 bits per heavy atom. The second kappa shape index (κ2) is 5.57. The second-order valence-electron chi connectivity index (χ2n) is 7.29. The minimum Gasteiger partial charge on any atom is -0.482 e. The highest BCUT2D eigenvalue weighted by atomic mass is 16.6. The summed E-state index contributed by atoms with van der Waals surface area (Å²) in [6, 6.07) is 24.1. The van der Waals surface area contributed by atoms with Crippen molar-refractivity contribution in [1.29, 1.82) is 0 Å². The van der Waals surface area contributed by atoms with Crippen molar-refractivity contribution in [3.05, 3.63) is 72.8 Å². The molecule has 6 rings (SSSR count). The zero-order valence-electron chi connectivity index (χ0n) is 14.8. The van der Waals surface area contributed by atoms with Crippen LogP contribution in [0.5, 0.6) is 11.5 Å². The zero-order chi connectivity index (χ0) is 18.8. The van der Waals surface area contributed by atoms with Crippen molar-refractivity contribution in [3.63, 3.8) is 0 Å². The molecular formula is C24H16O4. The first-order valence-corrected chi connectivity index (χ1v) is 9.31. The van der Waals surface area contributed by atoms with Crippen LogP contribution >= 0.6 is 0 Å². The summed E-state index contributed by atoms with van der Waals surface area (Å²) in [7, 11) is 0. The number of benzene rings is 4. The lowest BCUT2D eigenvalue weighted by atomic mass is 9.84. The first kappa shape index (κ1) is 15.7. The second-order valence-corrected chi connectivity index (χ2v) is 7.29. The molecule has 1 saturated carbocycles. The summed E-state index contributed by atoms with van der Waals surface area (Å²) >= 11 is 0. The quantitative estimate of drug-likeness (QED) is 0.507. The average molecular weight is 368 g/mol. The van der Waals surface area contributed by atoms with Crippen molar-refractivity contribution in [2.45, 2.75) is 18.3 Å². The van der Waals surface area contributed by atoms with Crippen LogP contribution in [-0.2, 0) is 4.79 Å². The van der Waals surface area contributed by atoms with E-state index in [2.05, 4.69) is 24.3 Å². The molecule has 3 atom stereocenters. The monoisotopic (exact) mass is 368 g/mol. The molecule has 1 aliphatic heterocycles. The van der Waals surface area contributed by atoms with Crippen LogP contribution in [0.2, 0.25) is 0 Å². The summed E-state index contributed by atoms with van der Waals surface area (Å²) in [5.41, 5.74) is 1.84. The molecule has 28 heavy (non-hydrogen) atoms.